The van der Waals surface area contributed by atoms with E-state index in [0.717, 1.165) is 7.11 Å². The van der Waals surface area contributed by atoms with Gasteiger partial charge in [0.2, 0.25) is 0 Å². The number of rotatable bonds is 5. The SMILES string of the molecule is C=C(C(=O)OC)C(=Nc1ccc(OC)cc1)C(F)(F)Cl. The van der Waals surface area contributed by atoms with Gasteiger partial charge in [-0.05, 0) is 35.9 Å². The molecule has 0 saturated heterocycles. The lowest BCUT2D eigenvalue weighted by molar-refractivity contribution is -0.135. The van der Waals surface area contributed by atoms with Crippen molar-refractivity contribution in [3.8, 4) is 5.75 Å². The summed E-state index contributed by atoms with van der Waals surface area (Å²) < 4.78 is 35.9. The predicted octanol–water partition coefficient (Wildman–Crippen LogP) is 3.33. The van der Waals surface area contributed by atoms with E-state index in [0.29, 0.717) is 5.75 Å². The minimum absolute atomic E-state index is 0.172. The summed E-state index contributed by atoms with van der Waals surface area (Å²) in [5, 5.41) is -3.84. The average molecular weight is 304 g/mol. The summed E-state index contributed by atoms with van der Waals surface area (Å²) in [6.45, 7) is 3.23. The number of alkyl halides is 3. The highest BCUT2D eigenvalue weighted by atomic mass is 35.5. The number of benzene rings is 1. The lowest BCUT2D eigenvalue weighted by atomic mass is 10.2. The number of nitrogens with zero attached hydrogens (tertiary/aromatic N) is 1. The van der Waals surface area contributed by atoms with Crippen LogP contribution in [0.4, 0.5) is 14.5 Å². The van der Waals surface area contributed by atoms with Crippen LogP contribution in [-0.2, 0) is 9.53 Å². The summed E-state index contributed by atoms with van der Waals surface area (Å²) in [6.07, 6.45) is 0. The number of halogens is 3. The maximum Gasteiger partial charge on any atom is 0.365 e. The van der Waals surface area contributed by atoms with Crippen molar-refractivity contribution in [2.45, 2.75) is 5.38 Å². The van der Waals surface area contributed by atoms with Crippen LogP contribution < -0.4 is 4.74 Å². The Hall–Kier alpha value is -1.95. The molecular formula is C13H12ClF2NO3. The zero-order chi connectivity index (χ0) is 15.3. The monoisotopic (exact) mass is 303 g/mol. The van der Waals surface area contributed by atoms with E-state index in [-0.39, 0.29) is 5.69 Å². The van der Waals surface area contributed by atoms with Crippen LogP contribution in [-0.4, -0.2) is 31.3 Å². The minimum atomic E-state index is -3.84. The van der Waals surface area contributed by atoms with E-state index in [1.54, 1.807) is 0 Å². The summed E-state index contributed by atoms with van der Waals surface area (Å²) in [5.74, 6) is -0.493. The van der Waals surface area contributed by atoms with Crippen LogP contribution in [0.15, 0.2) is 41.4 Å². The Labute approximate surface area is 119 Å². The van der Waals surface area contributed by atoms with E-state index >= 15 is 0 Å². The normalized spacial score (nSPS) is 11.9. The molecule has 0 aliphatic rings. The van der Waals surface area contributed by atoms with Gasteiger partial charge in [-0.2, -0.15) is 8.78 Å². The van der Waals surface area contributed by atoms with Gasteiger partial charge in [0.15, 0.2) is 0 Å². The summed E-state index contributed by atoms with van der Waals surface area (Å²) in [6, 6.07) is 5.94. The second-order valence-corrected chi connectivity index (χ2v) is 4.10. The number of carbonyl (C=O) groups is 1. The fourth-order valence-corrected chi connectivity index (χ4v) is 1.46. The molecule has 0 aromatic heterocycles. The molecule has 0 fully saturated rings. The van der Waals surface area contributed by atoms with Crippen molar-refractivity contribution in [2.24, 2.45) is 4.99 Å². The molecule has 0 bridgehead atoms. The van der Waals surface area contributed by atoms with Crippen LogP contribution in [0.3, 0.4) is 0 Å². The topological polar surface area (TPSA) is 47.9 Å². The van der Waals surface area contributed by atoms with Crippen molar-refractivity contribution >= 4 is 29.0 Å². The number of hydrogen-bond acceptors (Lipinski definition) is 4. The zero-order valence-corrected chi connectivity index (χ0v) is 11.6. The first-order chi connectivity index (χ1) is 9.29. The Morgan fingerprint density at radius 3 is 2.25 bits per heavy atom. The second kappa shape index (κ2) is 6.47. The van der Waals surface area contributed by atoms with Crippen LogP contribution in [0.2, 0.25) is 0 Å². The fourth-order valence-electron chi connectivity index (χ4n) is 1.31. The predicted molar refractivity (Wildman–Crippen MR) is 72.0 cm³/mol. The Kier molecular flexibility index (Phi) is 5.21. The van der Waals surface area contributed by atoms with Gasteiger partial charge >= 0.3 is 11.4 Å². The lowest BCUT2D eigenvalue weighted by Gasteiger charge is -2.13. The molecule has 0 spiro atoms. The van der Waals surface area contributed by atoms with Crippen LogP contribution in [0.25, 0.3) is 0 Å². The Morgan fingerprint density at radius 1 is 1.30 bits per heavy atom. The Morgan fingerprint density at radius 2 is 1.85 bits per heavy atom. The first kappa shape index (κ1) is 16.1. The molecule has 0 saturated carbocycles. The molecule has 0 heterocycles. The molecule has 1 aromatic carbocycles. The number of methoxy groups -OCH3 is 2. The van der Waals surface area contributed by atoms with E-state index < -0.39 is 22.6 Å². The molecule has 0 radical (unpaired) electrons. The van der Waals surface area contributed by atoms with Gasteiger partial charge in [0.05, 0.1) is 25.5 Å². The van der Waals surface area contributed by atoms with Crippen molar-refractivity contribution < 1.29 is 23.0 Å². The summed E-state index contributed by atoms with van der Waals surface area (Å²) in [4.78, 5) is 14.9. The summed E-state index contributed by atoms with van der Waals surface area (Å²) >= 11 is 4.95. The molecule has 0 aliphatic carbocycles. The highest BCUT2D eigenvalue weighted by Gasteiger charge is 2.37. The lowest BCUT2D eigenvalue weighted by Crippen LogP contribution is -2.27. The smallest absolute Gasteiger partial charge is 0.365 e. The number of esters is 1. The molecule has 4 nitrogen and oxygen atoms in total. The van der Waals surface area contributed by atoms with Gasteiger partial charge in [0.25, 0.3) is 0 Å². The average Bonchev–Trinajstić information content (AvgIpc) is 2.42. The van der Waals surface area contributed by atoms with Crippen molar-refractivity contribution in [2.75, 3.05) is 14.2 Å². The van der Waals surface area contributed by atoms with Crippen molar-refractivity contribution in [1.82, 2.24) is 0 Å². The van der Waals surface area contributed by atoms with Gasteiger partial charge in [-0.25, -0.2) is 9.79 Å². The first-order valence-electron chi connectivity index (χ1n) is 5.37. The van der Waals surface area contributed by atoms with Crippen molar-refractivity contribution in [1.29, 1.82) is 0 Å². The molecule has 1 aromatic rings. The van der Waals surface area contributed by atoms with Crippen LogP contribution in [0.5, 0.6) is 5.75 Å². The maximum absolute atomic E-state index is 13.3. The Bertz CT molecular complexity index is 536. The highest BCUT2D eigenvalue weighted by molar-refractivity contribution is 6.40. The van der Waals surface area contributed by atoms with Gasteiger partial charge in [-0.3, -0.25) is 0 Å². The van der Waals surface area contributed by atoms with E-state index in [2.05, 4.69) is 16.3 Å². The molecule has 0 amide bonds. The second-order valence-electron chi connectivity index (χ2n) is 3.63. The summed E-state index contributed by atoms with van der Waals surface area (Å²) in [7, 11) is 2.51. The van der Waals surface area contributed by atoms with Gasteiger partial charge < -0.3 is 9.47 Å². The molecule has 20 heavy (non-hydrogen) atoms. The fraction of sp³-hybridized carbons (Fsp3) is 0.231. The quantitative estimate of drug-likeness (QED) is 0.363. The minimum Gasteiger partial charge on any atom is -0.497 e. The van der Waals surface area contributed by atoms with E-state index in [1.807, 2.05) is 0 Å². The molecule has 0 aliphatic heterocycles. The van der Waals surface area contributed by atoms with Crippen LogP contribution >= 0.6 is 11.6 Å². The first-order valence-corrected chi connectivity index (χ1v) is 5.75. The van der Waals surface area contributed by atoms with Crippen molar-refractivity contribution in [3.05, 3.63) is 36.4 Å². The molecule has 0 unspecified atom stereocenters. The van der Waals surface area contributed by atoms with Gasteiger partial charge in [0, 0.05) is 0 Å². The third kappa shape index (κ3) is 4.03. The van der Waals surface area contributed by atoms with E-state index in [4.69, 9.17) is 16.3 Å². The largest absolute Gasteiger partial charge is 0.497 e. The van der Waals surface area contributed by atoms with E-state index in [9.17, 15) is 13.6 Å². The standard InChI is InChI=1S/C13H12ClF2NO3/c1-8(12(18)20-3)11(13(14,15)16)17-9-4-6-10(19-2)7-5-9/h4-7H,1H2,2-3H3. The number of hydrogen-bond donors (Lipinski definition) is 0. The van der Waals surface area contributed by atoms with E-state index in [1.165, 1.54) is 31.4 Å². The molecule has 0 N–H and O–H groups in total. The zero-order valence-electron chi connectivity index (χ0n) is 10.8. The molecule has 1 rings (SSSR count). The van der Waals surface area contributed by atoms with Crippen molar-refractivity contribution in [3.63, 3.8) is 0 Å². The molecule has 108 valence electrons. The van der Waals surface area contributed by atoms with Gasteiger partial charge in [-0.15, -0.1) is 0 Å². The van der Waals surface area contributed by atoms with Gasteiger partial charge in [0.1, 0.15) is 11.5 Å². The molecular weight excluding hydrogens is 292 g/mol. The summed E-state index contributed by atoms with van der Waals surface area (Å²) in [5.41, 5.74) is -1.40. The highest BCUT2D eigenvalue weighted by Crippen LogP contribution is 2.28. The number of aliphatic imine (C=N–C) groups is 1. The van der Waals surface area contributed by atoms with Crippen LogP contribution in [0, 0.1) is 0 Å². The number of carbonyl (C=O) groups excluding carboxylic acids is 1. The third-order valence-corrected chi connectivity index (χ3v) is 2.48. The number of ether oxygens (including phenoxy) is 2. The molecule has 0 atom stereocenters. The molecule has 7 heteroatoms. The maximum atomic E-state index is 13.3. The third-order valence-electron chi connectivity index (χ3n) is 2.30. The van der Waals surface area contributed by atoms with Gasteiger partial charge in [-0.1, -0.05) is 6.58 Å². The Balaban J connectivity index is 3.19. The van der Waals surface area contributed by atoms with Crippen LogP contribution in [0.1, 0.15) is 0 Å².